The summed E-state index contributed by atoms with van der Waals surface area (Å²) in [5.74, 6) is 0.377. The van der Waals surface area contributed by atoms with Crippen LogP contribution in [0.25, 0.3) is 27.9 Å². The molecule has 4 rings (SSSR count). The maximum absolute atomic E-state index is 13.5. The number of halogens is 1. The molecule has 4 heterocycles. The summed E-state index contributed by atoms with van der Waals surface area (Å²) in [5, 5.41) is 8.25. The first kappa shape index (κ1) is 13.6. The zero-order valence-corrected chi connectivity index (χ0v) is 12.3. The average molecular weight is 311 g/mol. The molecular formula is C15H14FN7. The molecule has 0 saturated carbocycles. The lowest BCUT2D eigenvalue weighted by molar-refractivity contribution is 0.624. The first-order valence-corrected chi connectivity index (χ1v) is 7.09. The number of nitrogens with two attached hydrogens (primary N) is 1. The monoisotopic (exact) mass is 311 g/mol. The lowest BCUT2D eigenvalue weighted by atomic mass is 10.2. The van der Waals surface area contributed by atoms with Crippen LogP contribution in [0.3, 0.4) is 0 Å². The number of nitrogen functional groups attached to an aromatic ring is 1. The molecular weight excluding hydrogens is 297 g/mol. The number of anilines is 1. The van der Waals surface area contributed by atoms with E-state index in [9.17, 15) is 4.39 Å². The maximum Gasteiger partial charge on any atom is 0.184 e. The molecule has 7 nitrogen and oxygen atoms in total. The number of nitrogens with one attached hydrogen (secondary N) is 2. The zero-order chi connectivity index (χ0) is 16.0. The van der Waals surface area contributed by atoms with Crippen molar-refractivity contribution in [2.75, 3.05) is 12.8 Å². The third kappa shape index (κ3) is 2.11. The van der Waals surface area contributed by atoms with Gasteiger partial charge >= 0.3 is 0 Å². The number of aromatic amines is 1. The van der Waals surface area contributed by atoms with E-state index in [1.165, 1.54) is 6.07 Å². The summed E-state index contributed by atoms with van der Waals surface area (Å²) in [7, 11) is 1.86. The largest absolute Gasteiger partial charge is 0.382 e. The second-order valence-electron chi connectivity index (χ2n) is 5.22. The molecule has 0 atom stereocenters. The van der Waals surface area contributed by atoms with Crippen LogP contribution in [-0.4, -0.2) is 31.6 Å². The predicted molar refractivity (Wildman–Crippen MR) is 85.2 cm³/mol. The summed E-state index contributed by atoms with van der Waals surface area (Å²) >= 11 is 0. The van der Waals surface area contributed by atoms with Crippen LogP contribution < -0.4 is 11.1 Å². The lowest BCUT2D eigenvalue weighted by Crippen LogP contribution is -2.11. The van der Waals surface area contributed by atoms with Crippen LogP contribution in [0.2, 0.25) is 0 Å². The van der Waals surface area contributed by atoms with E-state index in [-0.39, 0.29) is 0 Å². The Hall–Kier alpha value is -3.00. The highest BCUT2D eigenvalue weighted by Crippen LogP contribution is 2.27. The fourth-order valence-electron chi connectivity index (χ4n) is 2.66. The van der Waals surface area contributed by atoms with Gasteiger partial charge in [0.15, 0.2) is 11.6 Å². The van der Waals surface area contributed by atoms with Crippen molar-refractivity contribution in [3.05, 3.63) is 42.1 Å². The Morgan fingerprint density at radius 1 is 1.39 bits per heavy atom. The fourth-order valence-corrected chi connectivity index (χ4v) is 2.66. The van der Waals surface area contributed by atoms with Gasteiger partial charge in [0.25, 0.3) is 0 Å². The predicted octanol–water partition coefficient (Wildman–Crippen LogP) is 1.71. The second kappa shape index (κ2) is 5.03. The molecule has 0 spiro atoms. The molecule has 0 aliphatic rings. The van der Waals surface area contributed by atoms with Crippen molar-refractivity contribution in [1.82, 2.24) is 29.9 Å². The molecule has 116 valence electrons. The van der Waals surface area contributed by atoms with Crippen LogP contribution in [0.15, 0.2) is 30.6 Å². The molecule has 4 aromatic heterocycles. The van der Waals surface area contributed by atoms with E-state index in [1.54, 1.807) is 10.7 Å². The van der Waals surface area contributed by atoms with Crippen LogP contribution in [0.5, 0.6) is 0 Å². The summed E-state index contributed by atoms with van der Waals surface area (Å²) in [5.41, 5.74) is 8.99. The molecule has 0 unspecified atom stereocenters. The van der Waals surface area contributed by atoms with Gasteiger partial charge in [0.1, 0.15) is 17.0 Å². The van der Waals surface area contributed by atoms with Gasteiger partial charge in [0, 0.05) is 23.7 Å². The number of pyridine rings is 1. The second-order valence-corrected chi connectivity index (χ2v) is 5.22. The zero-order valence-electron chi connectivity index (χ0n) is 12.3. The molecule has 23 heavy (non-hydrogen) atoms. The molecule has 4 N–H and O–H groups in total. The summed E-state index contributed by atoms with van der Waals surface area (Å²) in [6.07, 6.45) is 2.87. The molecule has 0 aliphatic heterocycles. The molecule has 0 aliphatic carbocycles. The van der Waals surface area contributed by atoms with Crippen LogP contribution in [0, 0.1) is 5.82 Å². The van der Waals surface area contributed by atoms with Gasteiger partial charge in [-0.05, 0) is 25.2 Å². The fraction of sp³-hybridized carbons (Fsp3) is 0.133. The average Bonchev–Trinajstić information content (AvgIpc) is 3.12. The Balaban J connectivity index is 1.97. The Morgan fingerprint density at radius 2 is 2.26 bits per heavy atom. The van der Waals surface area contributed by atoms with Crippen molar-refractivity contribution in [1.29, 1.82) is 0 Å². The van der Waals surface area contributed by atoms with E-state index >= 15 is 0 Å². The summed E-state index contributed by atoms with van der Waals surface area (Å²) in [6, 6.07) is 5.22. The van der Waals surface area contributed by atoms with Gasteiger partial charge in [-0.1, -0.05) is 0 Å². The van der Waals surface area contributed by atoms with E-state index in [1.807, 2.05) is 19.2 Å². The van der Waals surface area contributed by atoms with Crippen molar-refractivity contribution < 1.29 is 4.39 Å². The number of hydrogen-bond donors (Lipinski definition) is 3. The highest BCUT2D eigenvalue weighted by molar-refractivity contribution is 5.91. The minimum atomic E-state index is -0.413. The van der Waals surface area contributed by atoms with Gasteiger partial charge in [-0.15, -0.1) is 5.10 Å². The Bertz CT molecular complexity index is 1020. The topological polar surface area (TPSA) is 96.9 Å². The third-order valence-corrected chi connectivity index (χ3v) is 3.71. The molecule has 0 aromatic carbocycles. The van der Waals surface area contributed by atoms with Gasteiger partial charge in [0.05, 0.1) is 11.9 Å². The lowest BCUT2D eigenvalue weighted by Gasteiger charge is -2.06. The number of H-pyrrole nitrogens is 1. The van der Waals surface area contributed by atoms with Crippen molar-refractivity contribution in [3.63, 3.8) is 0 Å². The first-order chi connectivity index (χ1) is 11.2. The number of hydrogen-bond acceptors (Lipinski definition) is 5. The van der Waals surface area contributed by atoms with Crippen LogP contribution in [0.1, 0.15) is 5.69 Å². The molecule has 0 radical (unpaired) electrons. The number of fused-ring (bicyclic) bond motifs is 2. The van der Waals surface area contributed by atoms with Gasteiger partial charge < -0.3 is 16.0 Å². The number of nitrogens with zero attached hydrogens (tertiary/aromatic N) is 4. The molecule has 4 aromatic rings. The Kier molecular flexibility index (Phi) is 2.98. The maximum atomic E-state index is 13.5. The van der Waals surface area contributed by atoms with Crippen molar-refractivity contribution in [3.8, 4) is 11.4 Å². The van der Waals surface area contributed by atoms with Gasteiger partial charge in [-0.3, -0.25) is 0 Å². The van der Waals surface area contributed by atoms with E-state index in [0.717, 1.165) is 17.4 Å². The van der Waals surface area contributed by atoms with E-state index in [4.69, 9.17) is 5.73 Å². The Morgan fingerprint density at radius 3 is 3.09 bits per heavy atom. The summed E-state index contributed by atoms with van der Waals surface area (Å²) in [4.78, 5) is 11.4. The van der Waals surface area contributed by atoms with Crippen LogP contribution in [0.4, 0.5) is 10.2 Å². The van der Waals surface area contributed by atoms with Crippen molar-refractivity contribution in [2.24, 2.45) is 0 Å². The van der Waals surface area contributed by atoms with Gasteiger partial charge in [0.2, 0.25) is 0 Å². The third-order valence-electron chi connectivity index (χ3n) is 3.71. The summed E-state index contributed by atoms with van der Waals surface area (Å²) in [6.45, 7) is 0.647. The first-order valence-electron chi connectivity index (χ1n) is 7.09. The van der Waals surface area contributed by atoms with E-state index < -0.39 is 5.82 Å². The highest BCUT2D eigenvalue weighted by atomic mass is 19.1. The minimum Gasteiger partial charge on any atom is -0.382 e. The SMILES string of the molecule is CNCc1ccc2c(N)nc(-c3c[nH]c4ncc(F)cc34)nn12. The van der Waals surface area contributed by atoms with Crippen LogP contribution >= 0.6 is 0 Å². The quantitative estimate of drug-likeness (QED) is 0.535. The minimum absolute atomic E-state index is 0.371. The Labute approximate surface area is 130 Å². The van der Waals surface area contributed by atoms with Crippen LogP contribution in [-0.2, 0) is 6.54 Å². The van der Waals surface area contributed by atoms with Gasteiger partial charge in [-0.25, -0.2) is 18.9 Å². The van der Waals surface area contributed by atoms with Crippen molar-refractivity contribution in [2.45, 2.75) is 6.54 Å². The van der Waals surface area contributed by atoms with E-state index in [2.05, 4.69) is 25.4 Å². The molecule has 8 heteroatoms. The molecule has 0 bridgehead atoms. The number of rotatable bonds is 3. The van der Waals surface area contributed by atoms with Crippen molar-refractivity contribution >= 4 is 22.4 Å². The smallest absolute Gasteiger partial charge is 0.184 e. The number of aromatic nitrogens is 5. The standard InChI is InChI=1S/C15H14FN7/c1-18-6-9-2-3-12-13(17)21-15(22-23(9)12)11-7-20-14-10(11)4-8(16)5-19-14/h2-5,7,18H,6H2,1H3,(H,19,20)(H2,17,21,22). The normalized spacial score (nSPS) is 11.6. The summed E-state index contributed by atoms with van der Waals surface area (Å²) < 4.78 is 15.3. The van der Waals surface area contributed by atoms with E-state index in [0.29, 0.717) is 34.8 Å². The molecule has 0 fully saturated rings. The molecule has 0 amide bonds. The van der Waals surface area contributed by atoms with Gasteiger partial charge in [-0.2, -0.15) is 0 Å². The molecule has 0 saturated heterocycles. The highest BCUT2D eigenvalue weighted by Gasteiger charge is 2.14.